The molecule has 0 aromatic rings. The smallest absolute Gasteiger partial charge is 0.308 e. The van der Waals surface area contributed by atoms with Crippen LogP contribution in [0.15, 0.2) is 0 Å². The van der Waals surface area contributed by atoms with Gasteiger partial charge in [-0.05, 0) is 6.92 Å². The normalized spacial score (nSPS) is 36.1. The molecule has 76 valence electrons. The van der Waals surface area contributed by atoms with E-state index < -0.39 is 5.97 Å². The number of methoxy groups -OCH3 is 1. The molecule has 13 heavy (non-hydrogen) atoms. The minimum Gasteiger partial charge on any atom is -0.481 e. The van der Waals surface area contributed by atoms with Gasteiger partial charge in [-0.2, -0.15) is 0 Å². The Bertz CT molecular complexity index is 207. The molecule has 1 aliphatic rings. The maximum Gasteiger partial charge on any atom is 0.308 e. The fourth-order valence-electron chi connectivity index (χ4n) is 1.91. The molecule has 0 aromatic heterocycles. The molecule has 1 aliphatic heterocycles. The lowest BCUT2D eigenvalue weighted by Gasteiger charge is -2.33. The first kappa shape index (κ1) is 10.5. The van der Waals surface area contributed by atoms with Crippen molar-refractivity contribution in [3.63, 3.8) is 0 Å². The fraction of sp³-hybridized carbons (Fsp3) is 0.889. The van der Waals surface area contributed by atoms with Gasteiger partial charge in [-0.3, -0.25) is 4.79 Å². The van der Waals surface area contributed by atoms with E-state index in [-0.39, 0.29) is 17.4 Å². The van der Waals surface area contributed by atoms with Crippen molar-refractivity contribution in [2.45, 2.75) is 20.0 Å². The van der Waals surface area contributed by atoms with Gasteiger partial charge in [0.2, 0.25) is 0 Å². The Labute approximate surface area is 78.3 Å². The summed E-state index contributed by atoms with van der Waals surface area (Å²) in [6, 6.07) is 0. The van der Waals surface area contributed by atoms with E-state index in [9.17, 15) is 4.79 Å². The highest BCUT2D eigenvalue weighted by Crippen LogP contribution is 2.35. The molecule has 0 bridgehead atoms. The summed E-state index contributed by atoms with van der Waals surface area (Å²) in [5.41, 5.74) is -0.291. The van der Waals surface area contributed by atoms with Gasteiger partial charge in [-0.15, -0.1) is 0 Å². The Balaban J connectivity index is 2.81. The van der Waals surface area contributed by atoms with E-state index in [1.807, 2.05) is 13.8 Å². The Hall–Kier alpha value is -0.610. The lowest BCUT2D eigenvalue weighted by atomic mass is 9.76. The molecule has 3 unspecified atom stereocenters. The van der Waals surface area contributed by atoms with Crippen LogP contribution in [0.25, 0.3) is 0 Å². The summed E-state index contributed by atoms with van der Waals surface area (Å²) >= 11 is 0. The Morgan fingerprint density at radius 1 is 1.77 bits per heavy atom. The Kier molecular flexibility index (Phi) is 2.93. The molecule has 3 atom stereocenters. The largest absolute Gasteiger partial charge is 0.481 e. The van der Waals surface area contributed by atoms with E-state index in [0.29, 0.717) is 13.1 Å². The molecule has 1 heterocycles. The average molecular weight is 187 g/mol. The highest BCUT2D eigenvalue weighted by Gasteiger charge is 2.47. The van der Waals surface area contributed by atoms with Crippen molar-refractivity contribution < 1.29 is 14.6 Å². The van der Waals surface area contributed by atoms with E-state index >= 15 is 0 Å². The molecule has 2 N–H and O–H groups in total. The van der Waals surface area contributed by atoms with Crippen LogP contribution in [-0.4, -0.2) is 37.4 Å². The molecule has 0 aromatic carbocycles. The van der Waals surface area contributed by atoms with Crippen LogP contribution in [-0.2, 0) is 9.53 Å². The molecule has 1 rings (SSSR count). The van der Waals surface area contributed by atoms with Gasteiger partial charge >= 0.3 is 5.97 Å². The second-order valence-corrected chi connectivity index (χ2v) is 3.91. The summed E-state index contributed by atoms with van der Waals surface area (Å²) in [6.07, 6.45) is -0.0383. The molecule has 4 nitrogen and oxygen atoms in total. The van der Waals surface area contributed by atoms with E-state index in [1.165, 1.54) is 0 Å². The summed E-state index contributed by atoms with van der Waals surface area (Å²) in [6.45, 7) is 5.13. The quantitative estimate of drug-likeness (QED) is 0.668. The summed E-state index contributed by atoms with van der Waals surface area (Å²) in [5.74, 6) is -1.08. The molecular weight excluding hydrogens is 170 g/mol. The standard InChI is InChI=1S/C9H17NO3/c1-6(13-3)9(2)5-10-4-7(9)8(11)12/h6-7,10H,4-5H2,1-3H3,(H,11,12). The zero-order valence-corrected chi connectivity index (χ0v) is 8.33. The first-order chi connectivity index (χ1) is 6.02. The number of hydrogen-bond donors (Lipinski definition) is 2. The van der Waals surface area contributed by atoms with Crippen molar-refractivity contribution in [3.8, 4) is 0 Å². The predicted octanol–water partition coefficient (Wildman–Crippen LogP) is 0.332. The Morgan fingerprint density at radius 2 is 2.38 bits per heavy atom. The third-order valence-electron chi connectivity index (χ3n) is 3.23. The molecule has 0 aliphatic carbocycles. The van der Waals surface area contributed by atoms with Crippen molar-refractivity contribution in [1.82, 2.24) is 5.32 Å². The molecule has 1 fully saturated rings. The van der Waals surface area contributed by atoms with Crippen LogP contribution in [0.3, 0.4) is 0 Å². The number of hydrogen-bond acceptors (Lipinski definition) is 3. The van der Waals surface area contributed by atoms with Crippen molar-refractivity contribution in [2.24, 2.45) is 11.3 Å². The maximum absolute atomic E-state index is 10.9. The minimum atomic E-state index is -0.739. The predicted molar refractivity (Wildman–Crippen MR) is 48.6 cm³/mol. The van der Waals surface area contributed by atoms with E-state index in [1.54, 1.807) is 7.11 Å². The maximum atomic E-state index is 10.9. The molecule has 0 radical (unpaired) electrons. The average Bonchev–Trinajstić information content (AvgIpc) is 2.47. The summed E-state index contributed by atoms with van der Waals surface area (Å²) in [4.78, 5) is 10.9. The third kappa shape index (κ3) is 1.69. The number of nitrogens with one attached hydrogen (secondary N) is 1. The van der Waals surface area contributed by atoms with Crippen LogP contribution in [0.4, 0.5) is 0 Å². The van der Waals surface area contributed by atoms with Gasteiger partial charge in [0.05, 0.1) is 12.0 Å². The summed E-state index contributed by atoms with van der Waals surface area (Å²) in [7, 11) is 1.62. The molecule has 0 amide bonds. The zero-order chi connectivity index (χ0) is 10.1. The number of rotatable bonds is 3. The second kappa shape index (κ2) is 3.64. The number of carboxylic acids is 1. The molecular formula is C9H17NO3. The van der Waals surface area contributed by atoms with E-state index in [4.69, 9.17) is 9.84 Å². The van der Waals surface area contributed by atoms with Gasteiger partial charge in [-0.1, -0.05) is 6.92 Å². The van der Waals surface area contributed by atoms with Crippen molar-refractivity contribution in [1.29, 1.82) is 0 Å². The molecule has 1 saturated heterocycles. The van der Waals surface area contributed by atoms with Crippen LogP contribution < -0.4 is 5.32 Å². The summed E-state index contributed by atoms with van der Waals surface area (Å²) < 4.78 is 5.21. The first-order valence-electron chi connectivity index (χ1n) is 4.48. The van der Waals surface area contributed by atoms with E-state index in [2.05, 4.69) is 5.32 Å². The van der Waals surface area contributed by atoms with Crippen molar-refractivity contribution >= 4 is 5.97 Å². The van der Waals surface area contributed by atoms with Crippen LogP contribution in [0.5, 0.6) is 0 Å². The van der Waals surface area contributed by atoms with Crippen molar-refractivity contribution in [2.75, 3.05) is 20.2 Å². The van der Waals surface area contributed by atoms with E-state index in [0.717, 1.165) is 0 Å². The SMILES string of the molecule is COC(C)C1(C)CNCC1C(=O)O. The molecule has 0 spiro atoms. The number of ether oxygens (including phenoxy) is 1. The molecule has 0 saturated carbocycles. The van der Waals surface area contributed by atoms with Gasteiger partial charge in [0.15, 0.2) is 0 Å². The van der Waals surface area contributed by atoms with Gasteiger partial charge in [0, 0.05) is 25.6 Å². The van der Waals surface area contributed by atoms with Crippen LogP contribution in [0.2, 0.25) is 0 Å². The Morgan fingerprint density at radius 3 is 2.85 bits per heavy atom. The monoisotopic (exact) mass is 187 g/mol. The lowest BCUT2D eigenvalue weighted by molar-refractivity contribution is -0.147. The highest BCUT2D eigenvalue weighted by atomic mass is 16.5. The number of carboxylic acid groups (broad SMARTS) is 1. The second-order valence-electron chi connectivity index (χ2n) is 3.91. The first-order valence-corrected chi connectivity index (χ1v) is 4.48. The van der Waals surface area contributed by atoms with Crippen molar-refractivity contribution in [3.05, 3.63) is 0 Å². The highest BCUT2D eigenvalue weighted by molar-refractivity contribution is 5.72. The lowest BCUT2D eigenvalue weighted by Crippen LogP contribution is -2.41. The van der Waals surface area contributed by atoms with Crippen LogP contribution in [0.1, 0.15) is 13.8 Å². The van der Waals surface area contributed by atoms with Gasteiger partial charge in [0.1, 0.15) is 0 Å². The van der Waals surface area contributed by atoms with Gasteiger partial charge in [0.25, 0.3) is 0 Å². The number of aliphatic carboxylic acids is 1. The van der Waals surface area contributed by atoms with Crippen LogP contribution in [0, 0.1) is 11.3 Å². The summed E-state index contributed by atoms with van der Waals surface area (Å²) in [5, 5.41) is 12.1. The molecule has 4 heteroatoms. The third-order valence-corrected chi connectivity index (χ3v) is 3.23. The minimum absolute atomic E-state index is 0.0383. The van der Waals surface area contributed by atoms with Gasteiger partial charge in [-0.25, -0.2) is 0 Å². The number of carbonyl (C=O) groups is 1. The fourth-order valence-corrected chi connectivity index (χ4v) is 1.91. The zero-order valence-electron chi connectivity index (χ0n) is 8.33. The topological polar surface area (TPSA) is 58.6 Å². The van der Waals surface area contributed by atoms with Gasteiger partial charge < -0.3 is 15.2 Å². The van der Waals surface area contributed by atoms with Crippen LogP contribution >= 0.6 is 0 Å².